The number of carboxylic acid groups (broad SMARTS) is 1. The van der Waals surface area contributed by atoms with E-state index in [4.69, 9.17) is 9.47 Å². The van der Waals surface area contributed by atoms with Crippen LogP contribution in [-0.2, 0) is 28.4 Å². The quantitative estimate of drug-likeness (QED) is 0.306. The third-order valence-corrected chi connectivity index (χ3v) is 8.11. The molecule has 0 bridgehead atoms. The lowest BCUT2D eigenvalue weighted by Gasteiger charge is -2.20. The topological polar surface area (TPSA) is 124 Å². The van der Waals surface area contributed by atoms with Gasteiger partial charge >= 0.3 is 5.97 Å². The lowest BCUT2D eigenvalue weighted by molar-refractivity contribution is -0.137. The lowest BCUT2D eigenvalue weighted by atomic mass is 9.87. The second-order valence-electron chi connectivity index (χ2n) is 8.86. The summed E-state index contributed by atoms with van der Waals surface area (Å²) >= 11 is 0. The third kappa shape index (κ3) is 5.63. The van der Waals surface area contributed by atoms with E-state index in [2.05, 4.69) is 10.3 Å². The Balaban J connectivity index is 1.64. The van der Waals surface area contributed by atoms with Crippen LogP contribution in [0.1, 0.15) is 36.0 Å². The Bertz CT molecular complexity index is 1550. The predicted octanol–water partition coefficient (Wildman–Crippen LogP) is 3.80. The number of carbonyl (C=O) groups is 1. The van der Waals surface area contributed by atoms with E-state index in [0.717, 1.165) is 11.1 Å². The van der Waals surface area contributed by atoms with Gasteiger partial charge in [0.2, 0.25) is 10.0 Å². The number of sulfonamides is 1. The minimum Gasteiger partial charge on any atom is -0.494 e. The van der Waals surface area contributed by atoms with Crippen LogP contribution in [0.25, 0.3) is 11.0 Å². The summed E-state index contributed by atoms with van der Waals surface area (Å²) in [7, 11) is 1.06. The van der Waals surface area contributed by atoms with Gasteiger partial charge in [-0.25, -0.2) is 13.1 Å². The van der Waals surface area contributed by atoms with E-state index in [0.29, 0.717) is 34.7 Å². The number of fused-ring (bicyclic) bond motifs is 1. The van der Waals surface area contributed by atoms with Crippen molar-refractivity contribution >= 4 is 27.0 Å². The van der Waals surface area contributed by atoms with Crippen LogP contribution in [-0.4, -0.2) is 59.6 Å². The molecule has 0 fully saturated rings. The largest absolute Gasteiger partial charge is 0.494 e. The second-order valence-corrected chi connectivity index (χ2v) is 10.9. The molecule has 0 radical (unpaired) electrons. The summed E-state index contributed by atoms with van der Waals surface area (Å²) < 4.78 is 40.2. The number of ether oxygens (including phenoxy) is 2. The Morgan fingerprint density at radius 3 is 2.50 bits per heavy atom. The molecule has 0 amide bonds. The van der Waals surface area contributed by atoms with Crippen molar-refractivity contribution < 1.29 is 27.8 Å². The van der Waals surface area contributed by atoms with Gasteiger partial charge in [0, 0.05) is 26.6 Å². The predicted molar refractivity (Wildman–Crippen MR) is 142 cm³/mol. The fraction of sp³-hybridized carbons (Fsp3) is 0.296. The van der Waals surface area contributed by atoms with Crippen LogP contribution in [0.2, 0.25) is 0 Å². The number of aromatic nitrogens is 3. The zero-order valence-corrected chi connectivity index (χ0v) is 22.5. The molecule has 0 saturated carbocycles. The zero-order chi connectivity index (χ0) is 27.4. The number of hydrogen-bond donors (Lipinski definition) is 1. The number of rotatable bonds is 11. The van der Waals surface area contributed by atoms with Crippen LogP contribution in [0.15, 0.2) is 65.6 Å². The Morgan fingerprint density at radius 2 is 1.84 bits per heavy atom. The smallest absolute Gasteiger partial charge is 0.304 e. The molecule has 0 aliphatic heterocycles. The lowest BCUT2D eigenvalue weighted by Crippen LogP contribution is -2.26. The van der Waals surface area contributed by atoms with Crippen LogP contribution < -0.4 is 9.47 Å². The molecule has 38 heavy (non-hydrogen) atoms. The van der Waals surface area contributed by atoms with Crippen LogP contribution in [0.4, 0.5) is 0 Å². The van der Waals surface area contributed by atoms with Crippen molar-refractivity contribution in [3.63, 3.8) is 0 Å². The average Bonchev–Trinajstić information content (AvgIpc) is 3.28. The van der Waals surface area contributed by atoms with Gasteiger partial charge in [-0.1, -0.05) is 29.5 Å². The highest BCUT2D eigenvalue weighted by Crippen LogP contribution is 2.35. The number of methoxy groups -OCH3 is 1. The summed E-state index contributed by atoms with van der Waals surface area (Å²) in [6, 6.07) is 17.2. The molecule has 0 spiro atoms. The highest BCUT2D eigenvalue weighted by molar-refractivity contribution is 7.89. The normalized spacial score (nSPS) is 12.6. The Morgan fingerprint density at radius 1 is 1.11 bits per heavy atom. The maximum absolute atomic E-state index is 13.2. The Kier molecular flexibility index (Phi) is 7.98. The standard InChI is InChI=1S/C27H30N4O6S/c1-5-37-21-9-11-22(12-10-21)38(34,35)30(2)17-18-7-6-8-19(13-18)23(16-26(32)33)20-14-24-27(25(15-20)36-4)31(3)29-28-24/h6-15,23H,5,16-17H2,1-4H3,(H,32,33). The molecule has 1 aromatic heterocycles. The van der Waals surface area contributed by atoms with Crippen molar-refractivity contribution in [2.75, 3.05) is 20.8 Å². The molecule has 11 heteroatoms. The van der Waals surface area contributed by atoms with Crippen molar-refractivity contribution in [2.24, 2.45) is 7.05 Å². The van der Waals surface area contributed by atoms with Crippen LogP contribution in [0.5, 0.6) is 11.5 Å². The Hall–Kier alpha value is -3.96. The van der Waals surface area contributed by atoms with Crippen molar-refractivity contribution in [1.29, 1.82) is 0 Å². The number of benzene rings is 3. The summed E-state index contributed by atoms with van der Waals surface area (Å²) in [4.78, 5) is 12.0. The molecule has 0 aliphatic carbocycles. The van der Waals surface area contributed by atoms with E-state index in [9.17, 15) is 18.3 Å². The molecule has 1 N–H and O–H groups in total. The number of aryl methyl sites for hydroxylation is 1. The summed E-state index contributed by atoms with van der Waals surface area (Å²) in [6.07, 6.45) is -0.168. The summed E-state index contributed by atoms with van der Waals surface area (Å²) in [5.74, 6) is -0.338. The first-order valence-electron chi connectivity index (χ1n) is 12.0. The molecule has 0 saturated heterocycles. The summed E-state index contributed by atoms with van der Waals surface area (Å²) in [5.41, 5.74) is 3.48. The molecule has 10 nitrogen and oxygen atoms in total. The first kappa shape index (κ1) is 27.1. The Labute approximate surface area is 221 Å². The fourth-order valence-electron chi connectivity index (χ4n) is 4.44. The van der Waals surface area contributed by atoms with Crippen LogP contribution >= 0.6 is 0 Å². The highest BCUT2D eigenvalue weighted by atomic mass is 32.2. The maximum Gasteiger partial charge on any atom is 0.304 e. The van der Waals surface area contributed by atoms with Gasteiger partial charge in [-0.15, -0.1) is 5.10 Å². The van der Waals surface area contributed by atoms with Crippen LogP contribution in [0.3, 0.4) is 0 Å². The summed E-state index contributed by atoms with van der Waals surface area (Å²) in [5, 5.41) is 17.9. The molecule has 0 aliphatic rings. The van der Waals surface area contributed by atoms with Gasteiger partial charge in [-0.3, -0.25) is 4.79 Å². The number of nitrogens with zero attached hydrogens (tertiary/aromatic N) is 4. The van der Waals surface area contributed by atoms with E-state index in [1.807, 2.05) is 31.2 Å². The fourth-order valence-corrected chi connectivity index (χ4v) is 5.60. The minimum atomic E-state index is -3.75. The maximum atomic E-state index is 13.2. The van der Waals surface area contributed by atoms with Crippen LogP contribution in [0, 0.1) is 0 Å². The molecule has 3 aromatic carbocycles. The van der Waals surface area contributed by atoms with E-state index in [1.54, 1.807) is 43.1 Å². The molecule has 4 rings (SSSR count). The van der Waals surface area contributed by atoms with Gasteiger partial charge in [0.05, 0.1) is 25.0 Å². The monoisotopic (exact) mass is 538 g/mol. The number of aliphatic carboxylic acids is 1. The van der Waals surface area contributed by atoms with E-state index >= 15 is 0 Å². The van der Waals surface area contributed by atoms with Gasteiger partial charge < -0.3 is 14.6 Å². The van der Waals surface area contributed by atoms with E-state index in [1.165, 1.54) is 23.5 Å². The van der Waals surface area contributed by atoms with Gasteiger partial charge in [-0.05, 0) is 60.0 Å². The highest BCUT2D eigenvalue weighted by Gasteiger charge is 2.24. The van der Waals surface area contributed by atoms with Crippen molar-refractivity contribution in [3.05, 3.63) is 77.4 Å². The molecule has 1 atom stereocenters. The van der Waals surface area contributed by atoms with Crippen molar-refractivity contribution in [2.45, 2.75) is 30.7 Å². The van der Waals surface area contributed by atoms with E-state index in [-0.39, 0.29) is 17.9 Å². The molecular weight excluding hydrogens is 508 g/mol. The molecule has 200 valence electrons. The number of carboxylic acids is 1. The van der Waals surface area contributed by atoms with E-state index < -0.39 is 21.9 Å². The first-order chi connectivity index (χ1) is 18.1. The van der Waals surface area contributed by atoms with Gasteiger partial charge in [0.15, 0.2) is 0 Å². The van der Waals surface area contributed by atoms with Gasteiger partial charge in [-0.2, -0.15) is 4.31 Å². The van der Waals surface area contributed by atoms with Gasteiger partial charge in [0.25, 0.3) is 0 Å². The molecule has 1 unspecified atom stereocenters. The minimum absolute atomic E-state index is 0.107. The zero-order valence-electron chi connectivity index (χ0n) is 21.7. The number of hydrogen-bond acceptors (Lipinski definition) is 7. The molecule has 1 heterocycles. The molecule has 4 aromatic rings. The SMILES string of the molecule is CCOc1ccc(S(=O)(=O)N(C)Cc2cccc(C(CC(=O)O)c3cc(OC)c4c(c3)nnn4C)c2)cc1. The first-order valence-corrected chi connectivity index (χ1v) is 13.4. The van der Waals surface area contributed by atoms with Crippen molar-refractivity contribution in [3.8, 4) is 11.5 Å². The average molecular weight is 539 g/mol. The summed E-state index contributed by atoms with van der Waals surface area (Å²) in [6.45, 7) is 2.46. The third-order valence-electron chi connectivity index (χ3n) is 6.29. The van der Waals surface area contributed by atoms with Gasteiger partial charge in [0.1, 0.15) is 22.5 Å². The molecular formula is C27H30N4O6S. The van der Waals surface area contributed by atoms with Crippen molar-refractivity contribution in [1.82, 2.24) is 19.3 Å². The second kappa shape index (κ2) is 11.2.